The van der Waals surface area contributed by atoms with E-state index in [1.54, 1.807) is 7.11 Å². The Kier molecular flexibility index (Phi) is 6.86. The van der Waals surface area contributed by atoms with E-state index in [2.05, 4.69) is 32.9 Å². The Morgan fingerprint density at radius 2 is 1.41 bits per heavy atom. The first-order valence-electron chi connectivity index (χ1n) is 12.7. The summed E-state index contributed by atoms with van der Waals surface area (Å²) >= 11 is 0. The SMILES string of the molecule is COc1ccc(C(C)(C)C)cc1C1C(C(=O)c2ccccc2)C(c2ccccc2)ON1c1ccccc1. The number of carbonyl (C=O) groups excluding carboxylic acids is 1. The Morgan fingerprint density at radius 3 is 2.00 bits per heavy atom. The Morgan fingerprint density at radius 1 is 0.811 bits per heavy atom. The topological polar surface area (TPSA) is 38.8 Å². The first kappa shape index (κ1) is 24.8. The Labute approximate surface area is 219 Å². The van der Waals surface area contributed by atoms with Gasteiger partial charge in [0, 0.05) is 11.1 Å². The zero-order chi connectivity index (χ0) is 26.0. The van der Waals surface area contributed by atoms with E-state index in [-0.39, 0.29) is 11.2 Å². The van der Waals surface area contributed by atoms with E-state index in [1.165, 1.54) is 5.56 Å². The second-order valence-corrected chi connectivity index (χ2v) is 10.5. The summed E-state index contributed by atoms with van der Waals surface area (Å²) in [7, 11) is 1.68. The predicted octanol–water partition coefficient (Wildman–Crippen LogP) is 7.73. The first-order valence-corrected chi connectivity index (χ1v) is 12.7. The third-order valence-electron chi connectivity index (χ3n) is 7.06. The van der Waals surface area contributed by atoms with Gasteiger partial charge in [-0.15, -0.1) is 0 Å². The van der Waals surface area contributed by atoms with Crippen molar-refractivity contribution < 1.29 is 14.4 Å². The Bertz CT molecular complexity index is 1350. The first-order chi connectivity index (χ1) is 17.9. The second kappa shape index (κ2) is 10.2. The van der Waals surface area contributed by atoms with E-state index in [1.807, 2.05) is 102 Å². The lowest BCUT2D eigenvalue weighted by molar-refractivity contribution is 0.0600. The van der Waals surface area contributed by atoms with Crippen LogP contribution in [0.15, 0.2) is 109 Å². The van der Waals surface area contributed by atoms with E-state index < -0.39 is 18.1 Å². The maximum absolute atomic E-state index is 14.3. The summed E-state index contributed by atoms with van der Waals surface area (Å²) in [4.78, 5) is 21.1. The predicted molar refractivity (Wildman–Crippen MR) is 148 cm³/mol. The molecule has 0 spiro atoms. The minimum atomic E-state index is -0.505. The van der Waals surface area contributed by atoms with Gasteiger partial charge in [0.2, 0.25) is 0 Å². The van der Waals surface area contributed by atoms with Crippen molar-refractivity contribution in [2.24, 2.45) is 5.92 Å². The highest BCUT2D eigenvalue weighted by atomic mass is 16.7. The van der Waals surface area contributed by atoms with E-state index in [0.29, 0.717) is 5.56 Å². The molecule has 5 rings (SSSR count). The van der Waals surface area contributed by atoms with Gasteiger partial charge in [0.05, 0.1) is 24.8 Å². The molecule has 3 unspecified atom stereocenters. The maximum Gasteiger partial charge on any atom is 0.171 e. The van der Waals surface area contributed by atoms with Gasteiger partial charge in [0.15, 0.2) is 5.78 Å². The van der Waals surface area contributed by atoms with Gasteiger partial charge < -0.3 is 4.74 Å². The summed E-state index contributed by atoms with van der Waals surface area (Å²) < 4.78 is 5.89. The number of carbonyl (C=O) groups is 1. The molecule has 0 aromatic heterocycles. The molecule has 1 saturated heterocycles. The number of ketones is 1. The number of anilines is 1. The number of hydrogen-bond donors (Lipinski definition) is 0. The zero-order valence-electron chi connectivity index (χ0n) is 21.8. The van der Waals surface area contributed by atoms with Crippen molar-refractivity contribution in [2.45, 2.75) is 38.3 Å². The molecule has 4 nitrogen and oxygen atoms in total. The number of para-hydroxylation sites is 1. The molecule has 0 bridgehead atoms. The highest BCUT2D eigenvalue weighted by Gasteiger charge is 2.50. The average Bonchev–Trinajstić information content (AvgIpc) is 3.33. The molecule has 4 aromatic carbocycles. The summed E-state index contributed by atoms with van der Waals surface area (Å²) in [6.45, 7) is 6.58. The van der Waals surface area contributed by atoms with E-state index in [4.69, 9.17) is 9.57 Å². The second-order valence-electron chi connectivity index (χ2n) is 10.5. The van der Waals surface area contributed by atoms with Crippen LogP contribution in [-0.2, 0) is 10.3 Å². The number of ether oxygens (including phenoxy) is 1. The van der Waals surface area contributed by atoms with Gasteiger partial charge in [-0.05, 0) is 40.8 Å². The van der Waals surface area contributed by atoms with Gasteiger partial charge in [-0.1, -0.05) is 106 Å². The summed E-state index contributed by atoms with van der Waals surface area (Å²) in [5.74, 6) is 0.275. The van der Waals surface area contributed by atoms with Crippen LogP contribution in [0, 0.1) is 5.92 Å². The molecule has 0 amide bonds. The lowest BCUT2D eigenvalue weighted by atomic mass is 9.79. The zero-order valence-corrected chi connectivity index (χ0v) is 21.8. The van der Waals surface area contributed by atoms with Crippen molar-refractivity contribution in [3.8, 4) is 5.75 Å². The lowest BCUT2D eigenvalue weighted by Gasteiger charge is -2.30. The van der Waals surface area contributed by atoms with E-state index >= 15 is 0 Å². The molecule has 1 aliphatic heterocycles. The molecule has 4 aromatic rings. The van der Waals surface area contributed by atoms with Crippen molar-refractivity contribution in [1.29, 1.82) is 0 Å². The fourth-order valence-electron chi connectivity index (χ4n) is 5.10. The summed E-state index contributed by atoms with van der Waals surface area (Å²) in [6, 6.07) is 35.4. The van der Waals surface area contributed by atoms with Gasteiger partial charge in [-0.3, -0.25) is 9.63 Å². The molecule has 3 atom stereocenters. The smallest absolute Gasteiger partial charge is 0.171 e. The van der Waals surface area contributed by atoms with E-state index in [9.17, 15) is 4.79 Å². The molecular weight excluding hydrogens is 458 g/mol. The molecule has 1 fully saturated rings. The highest BCUT2D eigenvalue weighted by molar-refractivity contribution is 5.99. The standard InChI is InChI=1S/C33H33NO3/c1-33(2,3)25-20-21-28(36-4)27(22-25)30-29(31(35)23-14-8-5-9-15-23)32(24-16-10-6-11-17-24)37-34(30)26-18-12-7-13-19-26/h5-22,29-30,32H,1-4H3. The van der Waals surface area contributed by atoms with Crippen molar-refractivity contribution >= 4 is 11.5 Å². The third kappa shape index (κ3) is 4.90. The number of Topliss-reactive ketones (excluding diaryl/α,β-unsaturated/α-hetero) is 1. The van der Waals surface area contributed by atoms with Crippen molar-refractivity contribution in [1.82, 2.24) is 0 Å². The number of methoxy groups -OCH3 is 1. The molecule has 1 heterocycles. The summed E-state index contributed by atoms with van der Waals surface area (Å²) in [6.07, 6.45) is -0.470. The lowest BCUT2D eigenvalue weighted by Crippen LogP contribution is -2.29. The third-order valence-corrected chi connectivity index (χ3v) is 7.06. The van der Waals surface area contributed by atoms with E-state index in [0.717, 1.165) is 22.6 Å². The van der Waals surface area contributed by atoms with Gasteiger partial charge in [-0.2, -0.15) is 0 Å². The fourth-order valence-corrected chi connectivity index (χ4v) is 5.10. The van der Waals surface area contributed by atoms with Gasteiger partial charge in [0.1, 0.15) is 11.9 Å². The normalized spacial score (nSPS) is 19.6. The molecule has 0 saturated carbocycles. The van der Waals surface area contributed by atoms with Crippen molar-refractivity contribution in [2.75, 3.05) is 12.2 Å². The average molecular weight is 492 g/mol. The Balaban J connectivity index is 1.75. The molecule has 0 aliphatic carbocycles. The van der Waals surface area contributed by atoms with Crippen LogP contribution in [-0.4, -0.2) is 12.9 Å². The molecule has 4 heteroatoms. The number of rotatable bonds is 6. The molecule has 0 radical (unpaired) electrons. The van der Waals surface area contributed by atoms with Gasteiger partial charge in [0.25, 0.3) is 0 Å². The number of nitrogens with zero attached hydrogens (tertiary/aromatic N) is 1. The maximum atomic E-state index is 14.3. The summed E-state index contributed by atoms with van der Waals surface area (Å²) in [5.41, 5.74) is 4.56. The quantitative estimate of drug-likeness (QED) is 0.259. The molecule has 0 N–H and O–H groups in total. The van der Waals surface area contributed by atoms with Gasteiger partial charge >= 0.3 is 0 Å². The largest absolute Gasteiger partial charge is 0.496 e. The van der Waals surface area contributed by atoms with Gasteiger partial charge in [-0.25, -0.2) is 5.06 Å². The summed E-state index contributed by atoms with van der Waals surface area (Å²) in [5, 5.41) is 1.91. The number of hydroxylamine groups is 1. The molecule has 37 heavy (non-hydrogen) atoms. The van der Waals surface area contributed by atoms with Crippen LogP contribution in [0.4, 0.5) is 5.69 Å². The minimum absolute atomic E-state index is 0.0427. The molecule has 1 aliphatic rings. The highest BCUT2D eigenvalue weighted by Crippen LogP contribution is 2.52. The van der Waals surface area contributed by atoms with Crippen molar-refractivity contribution in [3.63, 3.8) is 0 Å². The van der Waals surface area contributed by atoms with Crippen LogP contribution in [0.25, 0.3) is 0 Å². The van der Waals surface area contributed by atoms with Crippen LogP contribution in [0.2, 0.25) is 0 Å². The monoisotopic (exact) mass is 491 g/mol. The molecular formula is C33H33NO3. The Hall–Kier alpha value is -3.89. The van der Waals surface area contributed by atoms with Crippen LogP contribution < -0.4 is 9.80 Å². The van der Waals surface area contributed by atoms with Crippen LogP contribution in [0.5, 0.6) is 5.75 Å². The van der Waals surface area contributed by atoms with Crippen LogP contribution >= 0.6 is 0 Å². The van der Waals surface area contributed by atoms with Crippen molar-refractivity contribution in [3.05, 3.63) is 131 Å². The van der Waals surface area contributed by atoms with Crippen LogP contribution in [0.3, 0.4) is 0 Å². The minimum Gasteiger partial charge on any atom is -0.496 e. The van der Waals surface area contributed by atoms with Crippen LogP contribution in [0.1, 0.15) is 60.0 Å². The number of hydrogen-bond acceptors (Lipinski definition) is 4. The fraction of sp³-hybridized carbons (Fsp3) is 0.242. The molecule has 188 valence electrons. The number of benzene rings is 4.